The van der Waals surface area contributed by atoms with Gasteiger partial charge in [-0.3, -0.25) is 4.72 Å². The van der Waals surface area contributed by atoms with E-state index in [9.17, 15) is 30.0 Å². The fraction of sp³-hybridized carbons (Fsp3) is 0.294. The lowest BCUT2D eigenvalue weighted by Gasteiger charge is -2.17. The standard InChI is InChI=1S/C17H18ClF3N2O4S2/c1-10-7-13(29(26,27)23(3)4)9-16(11(10)2)22-28(24,25)12-5-6-15(18)14(8-12)17(19,20)21/h5-9,22H,1-4H3. The fourth-order valence-electron chi connectivity index (χ4n) is 2.38. The third kappa shape index (κ3) is 4.85. The van der Waals surface area contributed by atoms with Crippen LogP contribution in [0.1, 0.15) is 16.7 Å². The van der Waals surface area contributed by atoms with E-state index in [2.05, 4.69) is 4.72 Å². The van der Waals surface area contributed by atoms with E-state index >= 15 is 0 Å². The minimum Gasteiger partial charge on any atom is -0.279 e. The highest BCUT2D eigenvalue weighted by atomic mass is 35.5. The number of nitrogens with one attached hydrogen (secondary N) is 1. The lowest BCUT2D eigenvalue weighted by atomic mass is 10.1. The smallest absolute Gasteiger partial charge is 0.279 e. The first-order chi connectivity index (χ1) is 13.1. The molecule has 0 unspecified atom stereocenters. The molecule has 0 aliphatic carbocycles. The molecule has 0 radical (unpaired) electrons. The monoisotopic (exact) mass is 470 g/mol. The second-order valence-electron chi connectivity index (χ2n) is 6.45. The lowest BCUT2D eigenvalue weighted by Crippen LogP contribution is -2.23. The molecule has 0 saturated carbocycles. The van der Waals surface area contributed by atoms with Crippen molar-refractivity contribution in [2.45, 2.75) is 29.8 Å². The summed E-state index contributed by atoms with van der Waals surface area (Å²) in [7, 11) is -5.67. The van der Waals surface area contributed by atoms with Crippen molar-refractivity contribution in [3.63, 3.8) is 0 Å². The van der Waals surface area contributed by atoms with E-state index in [0.717, 1.165) is 22.5 Å². The molecule has 0 saturated heterocycles. The van der Waals surface area contributed by atoms with E-state index in [1.807, 2.05) is 0 Å². The zero-order chi connectivity index (χ0) is 22.4. The van der Waals surface area contributed by atoms with Crippen LogP contribution >= 0.6 is 11.6 Å². The molecule has 0 aliphatic rings. The number of rotatable bonds is 5. The number of anilines is 1. The van der Waals surface area contributed by atoms with Gasteiger partial charge in [-0.05, 0) is 55.3 Å². The highest BCUT2D eigenvalue weighted by molar-refractivity contribution is 7.92. The van der Waals surface area contributed by atoms with Gasteiger partial charge in [0, 0.05) is 14.1 Å². The molecule has 0 amide bonds. The molecule has 12 heteroatoms. The molecule has 160 valence electrons. The molecule has 0 spiro atoms. The van der Waals surface area contributed by atoms with Crippen molar-refractivity contribution in [2.24, 2.45) is 0 Å². The molecular formula is C17H18ClF3N2O4S2. The Morgan fingerprint density at radius 1 is 0.966 bits per heavy atom. The summed E-state index contributed by atoms with van der Waals surface area (Å²) in [6.45, 7) is 3.15. The number of aryl methyl sites for hydroxylation is 1. The predicted molar refractivity (Wildman–Crippen MR) is 104 cm³/mol. The van der Waals surface area contributed by atoms with Crippen LogP contribution in [0.25, 0.3) is 0 Å². The Bertz CT molecular complexity index is 1160. The van der Waals surface area contributed by atoms with Crippen LogP contribution in [0.2, 0.25) is 5.02 Å². The second kappa shape index (κ2) is 7.78. The summed E-state index contributed by atoms with van der Waals surface area (Å²) in [6.07, 6.45) is -4.84. The average Bonchev–Trinajstić information content (AvgIpc) is 2.57. The fourth-order valence-corrected chi connectivity index (χ4v) is 4.76. The maximum atomic E-state index is 13.0. The quantitative estimate of drug-likeness (QED) is 0.715. The van der Waals surface area contributed by atoms with Gasteiger partial charge >= 0.3 is 6.18 Å². The Morgan fingerprint density at radius 3 is 2.07 bits per heavy atom. The highest BCUT2D eigenvalue weighted by Gasteiger charge is 2.34. The number of halogens is 4. The first-order valence-corrected chi connectivity index (χ1v) is 11.3. The lowest BCUT2D eigenvalue weighted by molar-refractivity contribution is -0.137. The van der Waals surface area contributed by atoms with Gasteiger partial charge in [-0.25, -0.2) is 21.1 Å². The molecule has 0 atom stereocenters. The van der Waals surface area contributed by atoms with Crippen LogP contribution < -0.4 is 4.72 Å². The van der Waals surface area contributed by atoms with E-state index < -0.39 is 41.7 Å². The number of sulfonamides is 2. The molecule has 2 aromatic carbocycles. The highest BCUT2D eigenvalue weighted by Crippen LogP contribution is 2.36. The number of nitrogens with zero attached hydrogens (tertiary/aromatic N) is 1. The average molecular weight is 471 g/mol. The topological polar surface area (TPSA) is 83.6 Å². The summed E-state index contributed by atoms with van der Waals surface area (Å²) in [6, 6.07) is 4.70. The van der Waals surface area contributed by atoms with Crippen molar-refractivity contribution >= 4 is 37.3 Å². The minimum atomic E-state index is -4.84. The van der Waals surface area contributed by atoms with Gasteiger partial charge in [-0.2, -0.15) is 13.2 Å². The molecule has 1 N–H and O–H groups in total. The van der Waals surface area contributed by atoms with E-state index in [1.165, 1.54) is 20.2 Å². The largest absolute Gasteiger partial charge is 0.417 e. The zero-order valence-corrected chi connectivity index (χ0v) is 18.2. The van der Waals surface area contributed by atoms with Gasteiger partial charge < -0.3 is 0 Å². The van der Waals surface area contributed by atoms with Crippen molar-refractivity contribution in [3.05, 3.63) is 52.0 Å². The van der Waals surface area contributed by atoms with Crippen molar-refractivity contribution < 1.29 is 30.0 Å². The van der Waals surface area contributed by atoms with E-state index in [-0.39, 0.29) is 10.6 Å². The molecule has 2 aromatic rings. The van der Waals surface area contributed by atoms with Gasteiger partial charge in [0.15, 0.2) is 0 Å². The summed E-state index contributed by atoms with van der Waals surface area (Å²) in [5.74, 6) is 0. The van der Waals surface area contributed by atoms with Crippen LogP contribution in [0.15, 0.2) is 40.1 Å². The Labute approximate surface area is 172 Å². The van der Waals surface area contributed by atoms with Gasteiger partial charge in [0.05, 0.1) is 26.1 Å². The molecule has 2 rings (SSSR count). The van der Waals surface area contributed by atoms with Crippen molar-refractivity contribution in [1.29, 1.82) is 0 Å². The molecule has 6 nitrogen and oxygen atoms in total. The van der Waals surface area contributed by atoms with Crippen molar-refractivity contribution in [1.82, 2.24) is 4.31 Å². The van der Waals surface area contributed by atoms with Crippen LogP contribution in [0.4, 0.5) is 18.9 Å². The molecule has 0 heterocycles. The Balaban J connectivity index is 2.58. The summed E-state index contributed by atoms with van der Waals surface area (Å²) < 4.78 is 92.4. The van der Waals surface area contributed by atoms with E-state index in [4.69, 9.17) is 11.6 Å². The Hall–Kier alpha value is -1.82. The van der Waals surface area contributed by atoms with Crippen LogP contribution in [0.5, 0.6) is 0 Å². The molecular weight excluding hydrogens is 453 g/mol. The summed E-state index contributed by atoms with van der Waals surface area (Å²) in [5.41, 5.74) is -0.443. The zero-order valence-electron chi connectivity index (χ0n) is 15.8. The normalized spacial score (nSPS) is 13.0. The van der Waals surface area contributed by atoms with Crippen LogP contribution in [-0.4, -0.2) is 35.2 Å². The summed E-state index contributed by atoms with van der Waals surface area (Å²) in [4.78, 5) is -0.817. The third-order valence-electron chi connectivity index (χ3n) is 4.22. The van der Waals surface area contributed by atoms with Gasteiger partial charge in [0.2, 0.25) is 10.0 Å². The third-order valence-corrected chi connectivity index (χ3v) is 7.70. The van der Waals surface area contributed by atoms with Gasteiger partial charge in [0.25, 0.3) is 10.0 Å². The van der Waals surface area contributed by atoms with E-state index in [1.54, 1.807) is 13.8 Å². The van der Waals surface area contributed by atoms with Gasteiger partial charge in [0.1, 0.15) is 0 Å². The Kier molecular flexibility index (Phi) is 6.30. The first kappa shape index (κ1) is 23.5. The van der Waals surface area contributed by atoms with Crippen LogP contribution in [-0.2, 0) is 26.2 Å². The van der Waals surface area contributed by atoms with E-state index in [0.29, 0.717) is 17.2 Å². The number of hydrogen-bond acceptors (Lipinski definition) is 4. The van der Waals surface area contributed by atoms with Gasteiger partial charge in [-0.15, -0.1) is 0 Å². The molecule has 0 fully saturated rings. The first-order valence-electron chi connectivity index (χ1n) is 8.00. The summed E-state index contributed by atoms with van der Waals surface area (Å²) >= 11 is 5.53. The van der Waals surface area contributed by atoms with Crippen LogP contribution in [0, 0.1) is 13.8 Å². The maximum Gasteiger partial charge on any atom is 0.417 e. The molecule has 0 aromatic heterocycles. The summed E-state index contributed by atoms with van der Waals surface area (Å²) in [5, 5.41) is -0.637. The number of alkyl halides is 3. The Morgan fingerprint density at radius 2 is 1.55 bits per heavy atom. The molecule has 0 bridgehead atoms. The SMILES string of the molecule is Cc1cc(S(=O)(=O)N(C)C)cc(NS(=O)(=O)c2ccc(Cl)c(C(F)(F)F)c2)c1C. The van der Waals surface area contributed by atoms with Crippen molar-refractivity contribution in [2.75, 3.05) is 18.8 Å². The number of hydrogen-bond donors (Lipinski definition) is 1. The second-order valence-corrected chi connectivity index (χ2v) is 10.7. The molecule has 0 aliphatic heterocycles. The number of benzene rings is 2. The van der Waals surface area contributed by atoms with Crippen LogP contribution in [0.3, 0.4) is 0 Å². The van der Waals surface area contributed by atoms with Crippen molar-refractivity contribution in [3.8, 4) is 0 Å². The molecule has 29 heavy (non-hydrogen) atoms. The van der Waals surface area contributed by atoms with Gasteiger partial charge in [-0.1, -0.05) is 11.6 Å². The minimum absolute atomic E-state index is 0.0612. The maximum absolute atomic E-state index is 13.0. The predicted octanol–water partition coefficient (Wildman–Crippen LogP) is 4.03.